The minimum Gasteiger partial charge on any atom is -0.348 e. The second-order valence-electron chi connectivity index (χ2n) is 6.32. The van der Waals surface area contributed by atoms with E-state index in [-0.39, 0.29) is 11.9 Å². The second kappa shape index (κ2) is 6.84. The Kier molecular flexibility index (Phi) is 4.23. The van der Waals surface area contributed by atoms with Gasteiger partial charge in [0.1, 0.15) is 12.7 Å². The van der Waals surface area contributed by atoms with Crippen LogP contribution in [0.5, 0.6) is 0 Å². The fraction of sp³-hybridized carbons (Fsp3) is 0.150. The molecule has 2 aromatic carbocycles. The van der Waals surface area contributed by atoms with Crippen LogP contribution in [0.3, 0.4) is 0 Å². The van der Waals surface area contributed by atoms with Crippen molar-refractivity contribution in [3.05, 3.63) is 79.0 Å². The summed E-state index contributed by atoms with van der Waals surface area (Å²) in [6.07, 6.45) is 5.30. The van der Waals surface area contributed by atoms with Gasteiger partial charge in [0.05, 0.1) is 0 Å². The number of carbonyl (C=O) groups is 1. The molecule has 1 N–H and O–H groups in total. The molecule has 0 unspecified atom stereocenters. The van der Waals surface area contributed by atoms with Gasteiger partial charge in [0, 0.05) is 35.6 Å². The molecular weight excluding hydrogens is 326 g/mol. The largest absolute Gasteiger partial charge is 0.348 e. The predicted octanol–water partition coefficient (Wildman–Crippen LogP) is 3.04. The molecule has 0 fully saturated rings. The van der Waals surface area contributed by atoms with Gasteiger partial charge < -0.3 is 9.88 Å². The topological polar surface area (TPSA) is 64.7 Å². The van der Waals surface area contributed by atoms with Gasteiger partial charge in [0.15, 0.2) is 0 Å². The van der Waals surface area contributed by atoms with Crippen LogP contribution in [0, 0.1) is 0 Å². The molecule has 6 heteroatoms. The van der Waals surface area contributed by atoms with E-state index < -0.39 is 0 Å². The minimum absolute atomic E-state index is 0.0100. The minimum atomic E-state index is -0.0794. The van der Waals surface area contributed by atoms with Gasteiger partial charge in [0.2, 0.25) is 0 Å². The Morgan fingerprint density at radius 3 is 2.54 bits per heavy atom. The average molecular weight is 345 g/mol. The van der Waals surface area contributed by atoms with Gasteiger partial charge in [-0.05, 0) is 48.7 Å². The van der Waals surface area contributed by atoms with Crippen molar-refractivity contribution in [2.75, 3.05) is 0 Å². The molecule has 26 heavy (non-hydrogen) atoms. The van der Waals surface area contributed by atoms with E-state index in [1.54, 1.807) is 17.2 Å². The van der Waals surface area contributed by atoms with E-state index in [0.29, 0.717) is 5.56 Å². The summed E-state index contributed by atoms with van der Waals surface area (Å²) in [6, 6.07) is 17.7. The summed E-state index contributed by atoms with van der Waals surface area (Å²) in [4.78, 5) is 12.5. The Balaban J connectivity index is 1.42. The summed E-state index contributed by atoms with van der Waals surface area (Å²) in [5, 5.41) is 11.8. The standard InChI is InChI=1S/C20H19N5O/c1-15(12-24-11-10-16-4-2-3-5-19(16)24)23-20(26)17-6-8-18(9-7-17)25-13-21-22-14-25/h2-11,13-15H,12H2,1H3,(H,23,26)/t15-/m0/s1. The summed E-state index contributed by atoms with van der Waals surface area (Å²) in [5.41, 5.74) is 2.72. The third-order valence-electron chi connectivity index (χ3n) is 4.37. The van der Waals surface area contributed by atoms with Crippen molar-refractivity contribution in [2.24, 2.45) is 0 Å². The van der Waals surface area contributed by atoms with Crippen molar-refractivity contribution in [3.63, 3.8) is 0 Å². The Bertz CT molecular complexity index is 1020. The van der Waals surface area contributed by atoms with Crippen LogP contribution in [0.4, 0.5) is 0 Å². The van der Waals surface area contributed by atoms with Crippen LogP contribution in [0.25, 0.3) is 16.6 Å². The van der Waals surface area contributed by atoms with Crippen molar-refractivity contribution < 1.29 is 4.79 Å². The SMILES string of the molecule is C[C@@H](Cn1ccc2ccccc21)NC(=O)c1ccc(-n2cnnc2)cc1. The smallest absolute Gasteiger partial charge is 0.251 e. The fourth-order valence-electron chi connectivity index (χ4n) is 3.07. The van der Waals surface area contributed by atoms with Crippen molar-refractivity contribution in [1.29, 1.82) is 0 Å². The Labute approximate surface area is 151 Å². The van der Waals surface area contributed by atoms with E-state index in [1.165, 1.54) is 10.9 Å². The zero-order valence-corrected chi connectivity index (χ0v) is 14.4. The maximum atomic E-state index is 12.5. The van der Waals surface area contributed by atoms with Gasteiger partial charge in [0.25, 0.3) is 5.91 Å². The number of carbonyl (C=O) groups excluding carboxylic acids is 1. The van der Waals surface area contributed by atoms with Crippen LogP contribution in [-0.2, 0) is 6.54 Å². The van der Waals surface area contributed by atoms with Crippen LogP contribution >= 0.6 is 0 Å². The molecule has 0 aliphatic heterocycles. The molecular formula is C20H19N5O. The molecule has 0 saturated carbocycles. The number of nitrogens with one attached hydrogen (secondary N) is 1. The molecule has 0 bridgehead atoms. The van der Waals surface area contributed by atoms with E-state index >= 15 is 0 Å². The van der Waals surface area contributed by atoms with E-state index in [0.717, 1.165) is 12.2 Å². The molecule has 0 aliphatic carbocycles. The number of fused-ring (bicyclic) bond motifs is 1. The zero-order valence-electron chi connectivity index (χ0n) is 14.4. The molecule has 130 valence electrons. The van der Waals surface area contributed by atoms with Crippen LogP contribution in [0.15, 0.2) is 73.4 Å². The average Bonchev–Trinajstić information content (AvgIpc) is 3.32. The normalized spacial score (nSPS) is 12.2. The first-order valence-corrected chi connectivity index (χ1v) is 8.50. The van der Waals surface area contributed by atoms with E-state index in [9.17, 15) is 4.79 Å². The molecule has 1 atom stereocenters. The van der Waals surface area contributed by atoms with Crippen LogP contribution in [0.1, 0.15) is 17.3 Å². The number of para-hydroxylation sites is 1. The molecule has 0 spiro atoms. The lowest BCUT2D eigenvalue weighted by molar-refractivity contribution is 0.0937. The molecule has 0 aliphatic rings. The second-order valence-corrected chi connectivity index (χ2v) is 6.32. The molecule has 4 aromatic rings. The molecule has 2 heterocycles. The van der Waals surface area contributed by atoms with Crippen LogP contribution in [0.2, 0.25) is 0 Å². The molecule has 6 nitrogen and oxygen atoms in total. The van der Waals surface area contributed by atoms with E-state index in [4.69, 9.17) is 0 Å². The highest BCUT2D eigenvalue weighted by Crippen LogP contribution is 2.15. The molecule has 4 rings (SSSR count). The third-order valence-corrected chi connectivity index (χ3v) is 4.37. The first-order chi connectivity index (χ1) is 12.7. The van der Waals surface area contributed by atoms with Crippen LogP contribution in [-0.4, -0.2) is 31.3 Å². The highest BCUT2D eigenvalue weighted by Gasteiger charge is 2.11. The van der Waals surface area contributed by atoms with Crippen molar-refractivity contribution in [3.8, 4) is 5.69 Å². The van der Waals surface area contributed by atoms with Gasteiger partial charge >= 0.3 is 0 Å². The maximum Gasteiger partial charge on any atom is 0.251 e. The third kappa shape index (κ3) is 3.21. The maximum absolute atomic E-state index is 12.5. The van der Waals surface area contributed by atoms with Crippen LogP contribution < -0.4 is 5.32 Å². The van der Waals surface area contributed by atoms with Gasteiger partial charge in [-0.25, -0.2) is 0 Å². The number of nitrogens with zero attached hydrogens (tertiary/aromatic N) is 4. The Hall–Kier alpha value is -3.41. The fourth-order valence-corrected chi connectivity index (χ4v) is 3.07. The van der Waals surface area contributed by atoms with E-state index in [1.807, 2.05) is 43.3 Å². The monoisotopic (exact) mass is 345 g/mol. The summed E-state index contributed by atoms with van der Waals surface area (Å²) in [5.74, 6) is -0.0794. The highest BCUT2D eigenvalue weighted by atomic mass is 16.1. The number of hydrogen-bond donors (Lipinski definition) is 1. The van der Waals surface area contributed by atoms with Gasteiger partial charge in [-0.2, -0.15) is 0 Å². The Morgan fingerprint density at radius 1 is 1.04 bits per heavy atom. The van der Waals surface area contributed by atoms with Gasteiger partial charge in [-0.1, -0.05) is 18.2 Å². The van der Waals surface area contributed by atoms with Crippen molar-refractivity contribution >= 4 is 16.8 Å². The summed E-state index contributed by atoms with van der Waals surface area (Å²) < 4.78 is 3.96. The predicted molar refractivity (Wildman–Crippen MR) is 100 cm³/mol. The lowest BCUT2D eigenvalue weighted by Crippen LogP contribution is -2.35. The number of amides is 1. The summed E-state index contributed by atoms with van der Waals surface area (Å²) >= 11 is 0. The molecule has 0 saturated heterocycles. The lowest BCUT2D eigenvalue weighted by Gasteiger charge is -2.16. The number of rotatable bonds is 5. The number of aromatic nitrogens is 4. The van der Waals surface area contributed by atoms with Crippen molar-refractivity contribution in [2.45, 2.75) is 19.5 Å². The number of hydrogen-bond acceptors (Lipinski definition) is 3. The summed E-state index contributed by atoms with van der Waals surface area (Å²) in [7, 11) is 0. The highest BCUT2D eigenvalue weighted by molar-refractivity contribution is 5.94. The first kappa shape index (κ1) is 16.1. The Morgan fingerprint density at radius 2 is 1.77 bits per heavy atom. The van der Waals surface area contributed by atoms with E-state index in [2.05, 4.69) is 44.5 Å². The zero-order chi connectivity index (χ0) is 17.9. The van der Waals surface area contributed by atoms with Gasteiger partial charge in [-0.3, -0.25) is 9.36 Å². The molecule has 1 amide bonds. The molecule has 2 aromatic heterocycles. The lowest BCUT2D eigenvalue weighted by atomic mass is 10.2. The first-order valence-electron chi connectivity index (χ1n) is 8.50. The molecule has 0 radical (unpaired) electrons. The quantitative estimate of drug-likeness (QED) is 0.605. The number of benzene rings is 2. The van der Waals surface area contributed by atoms with Crippen molar-refractivity contribution in [1.82, 2.24) is 24.6 Å². The summed E-state index contributed by atoms with van der Waals surface area (Å²) in [6.45, 7) is 2.73. The van der Waals surface area contributed by atoms with Gasteiger partial charge in [-0.15, -0.1) is 10.2 Å².